The fourth-order valence-electron chi connectivity index (χ4n) is 3.15. The Balaban J connectivity index is 1.93. The van der Waals surface area contributed by atoms with Crippen LogP contribution in [-0.2, 0) is 0 Å². The first-order valence-corrected chi connectivity index (χ1v) is 10.5. The number of nitriles is 3. The number of nitrogens with zero attached hydrogens (tertiary/aromatic N) is 3. The van der Waals surface area contributed by atoms with Crippen molar-refractivity contribution < 1.29 is 18.3 Å². The summed E-state index contributed by atoms with van der Waals surface area (Å²) in [6.07, 6.45) is 14.7. The number of rotatable bonds is 8. The van der Waals surface area contributed by atoms with E-state index in [1.165, 1.54) is 12.2 Å². The summed E-state index contributed by atoms with van der Waals surface area (Å²) in [5.41, 5.74) is 1.54. The summed E-state index contributed by atoms with van der Waals surface area (Å²) in [6, 6.07) is 16.2. The highest BCUT2D eigenvalue weighted by molar-refractivity contribution is 5.78. The minimum absolute atomic E-state index is 0.00690. The average molecular weight is 473 g/mol. The monoisotopic (exact) mass is 473 g/mol. The lowest BCUT2D eigenvalue weighted by molar-refractivity contribution is 0.403. The van der Waals surface area contributed by atoms with Gasteiger partial charge in [-0.1, -0.05) is 18.1 Å². The predicted molar refractivity (Wildman–Crippen MR) is 135 cm³/mol. The number of allylic oxidation sites excluding steroid dienone is 6. The molecule has 0 saturated heterocycles. The minimum atomic E-state index is -0.00690. The van der Waals surface area contributed by atoms with Gasteiger partial charge in [-0.05, 0) is 60.7 Å². The van der Waals surface area contributed by atoms with E-state index in [4.69, 9.17) is 40.5 Å². The average Bonchev–Trinajstić information content (AvgIpc) is 3.58. The molecule has 0 amide bonds. The maximum Gasteiger partial charge on any atom is 0.138 e. The second kappa shape index (κ2) is 12.0. The molecule has 0 aliphatic rings. The van der Waals surface area contributed by atoms with Crippen LogP contribution in [0.2, 0.25) is 0 Å². The highest BCUT2D eigenvalue weighted by Gasteiger charge is 2.18. The summed E-state index contributed by atoms with van der Waals surface area (Å²) in [6.45, 7) is 0. The lowest BCUT2D eigenvalue weighted by atomic mass is 10.0. The first kappa shape index (κ1) is 25.0. The molecule has 0 aliphatic carbocycles. The van der Waals surface area contributed by atoms with E-state index in [0.29, 0.717) is 45.7 Å². The van der Waals surface area contributed by atoms with Crippen molar-refractivity contribution in [3.05, 3.63) is 83.4 Å². The summed E-state index contributed by atoms with van der Waals surface area (Å²) < 4.78 is 23.0. The van der Waals surface area contributed by atoms with Gasteiger partial charge < -0.3 is 18.3 Å². The van der Waals surface area contributed by atoms with Crippen LogP contribution in [0.3, 0.4) is 0 Å². The van der Waals surface area contributed by atoms with Crippen LogP contribution >= 0.6 is 0 Å². The molecule has 0 bridgehead atoms. The van der Waals surface area contributed by atoms with Gasteiger partial charge in [-0.2, -0.15) is 15.8 Å². The third-order valence-electron chi connectivity index (χ3n) is 4.87. The molecule has 3 aromatic rings. The number of benzene rings is 1. The van der Waals surface area contributed by atoms with E-state index >= 15 is 0 Å². The van der Waals surface area contributed by atoms with Gasteiger partial charge in [-0.25, -0.2) is 0 Å². The van der Waals surface area contributed by atoms with Crippen molar-refractivity contribution >= 4 is 12.2 Å². The van der Waals surface area contributed by atoms with Gasteiger partial charge >= 0.3 is 0 Å². The van der Waals surface area contributed by atoms with Crippen molar-refractivity contribution in [1.29, 1.82) is 15.8 Å². The molecule has 0 radical (unpaired) electrons. The van der Waals surface area contributed by atoms with Crippen LogP contribution in [-0.4, -0.2) is 14.2 Å². The van der Waals surface area contributed by atoms with Gasteiger partial charge in [0.15, 0.2) is 0 Å². The molecular weight excluding hydrogens is 454 g/mol. The zero-order valence-corrected chi connectivity index (χ0v) is 19.5. The van der Waals surface area contributed by atoms with E-state index in [-0.39, 0.29) is 11.1 Å². The Morgan fingerprint density at radius 2 is 1.19 bits per heavy atom. The van der Waals surface area contributed by atoms with Gasteiger partial charge in [0.25, 0.3) is 0 Å². The molecule has 0 unspecified atom stereocenters. The molecule has 7 nitrogen and oxygen atoms in total. The number of ether oxygens (including phenoxy) is 2. The quantitative estimate of drug-likeness (QED) is 0.214. The molecule has 2 heterocycles. The van der Waals surface area contributed by atoms with E-state index in [1.807, 2.05) is 6.07 Å². The van der Waals surface area contributed by atoms with E-state index in [2.05, 4.69) is 5.92 Å². The Morgan fingerprint density at radius 3 is 1.58 bits per heavy atom. The highest BCUT2D eigenvalue weighted by Crippen LogP contribution is 2.42. The SMILES string of the molecule is C#C/C(C#N)=C/C=C/c1ccc(-c2cc(OC)c(-c3ccc(/C=C/C=C(C#N)C#N)o3)cc2OC)o1. The van der Waals surface area contributed by atoms with Crippen LogP contribution in [0.5, 0.6) is 11.5 Å². The number of hydrogen-bond donors (Lipinski definition) is 0. The van der Waals surface area contributed by atoms with Crippen LogP contribution in [0.1, 0.15) is 11.5 Å². The number of furan rings is 2. The van der Waals surface area contributed by atoms with E-state index in [0.717, 1.165) is 0 Å². The Labute approximate surface area is 208 Å². The summed E-state index contributed by atoms with van der Waals surface area (Å²) in [4.78, 5) is 0. The van der Waals surface area contributed by atoms with Crippen molar-refractivity contribution in [1.82, 2.24) is 0 Å². The lowest BCUT2D eigenvalue weighted by Gasteiger charge is -2.12. The summed E-state index contributed by atoms with van der Waals surface area (Å²) >= 11 is 0. The standard InChI is InChI=1S/C29H19N3O4/c1-4-20(17-30)7-5-9-22-11-13-26(35-22)24-15-29(34-3)25(16-28(24)33-2)27-14-12-23(36-27)10-6-8-21(18-31)19-32/h1,5-16H,2-3H3/b9-5+,10-6+,20-7-. The molecule has 0 aliphatic heterocycles. The minimum Gasteiger partial charge on any atom is -0.496 e. The van der Waals surface area contributed by atoms with Crippen LogP contribution < -0.4 is 9.47 Å². The van der Waals surface area contributed by atoms with Crippen molar-refractivity contribution in [2.75, 3.05) is 14.2 Å². The maximum atomic E-state index is 8.89. The Morgan fingerprint density at radius 1 is 0.750 bits per heavy atom. The molecule has 174 valence electrons. The van der Waals surface area contributed by atoms with Gasteiger partial charge in [0, 0.05) is 0 Å². The lowest BCUT2D eigenvalue weighted by Crippen LogP contribution is -1.93. The number of terminal acetylenes is 1. The smallest absolute Gasteiger partial charge is 0.138 e. The van der Waals surface area contributed by atoms with Gasteiger partial charge in [0.05, 0.1) is 25.3 Å². The molecule has 7 heteroatoms. The van der Waals surface area contributed by atoms with Crippen molar-refractivity contribution in [3.8, 4) is 64.7 Å². The fourth-order valence-corrected chi connectivity index (χ4v) is 3.15. The Kier molecular flexibility index (Phi) is 8.34. The molecule has 0 atom stereocenters. The maximum absolute atomic E-state index is 8.89. The van der Waals surface area contributed by atoms with Crippen molar-refractivity contribution in [2.45, 2.75) is 0 Å². The van der Waals surface area contributed by atoms with E-state index in [9.17, 15) is 0 Å². The van der Waals surface area contributed by atoms with E-state index in [1.54, 1.807) is 87.1 Å². The van der Waals surface area contributed by atoms with Crippen LogP contribution in [0.15, 0.2) is 80.7 Å². The highest BCUT2D eigenvalue weighted by atomic mass is 16.5. The molecule has 0 saturated carbocycles. The second-order valence-electron chi connectivity index (χ2n) is 7.02. The zero-order chi connectivity index (χ0) is 25.9. The third kappa shape index (κ3) is 5.83. The fraction of sp³-hybridized carbons (Fsp3) is 0.0690. The molecule has 0 spiro atoms. The summed E-state index contributed by atoms with van der Waals surface area (Å²) in [5.74, 6) is 5.55. The Hall–Kier alpha value is -5.63. The van der Waals surface area contributed by atoms with Gasteiger partial charge in [0.2, 0.25) is 0 Å². The first-order chi connectivity index (χ1) is 17.6. The van der Waals surface area contributed by atoms with Crippen LogP contribution in [0.4, 0.5) is 0 Å². The molecule has 0 fully saturated rings. The zero-order valence-electron chi connectivity index (χ0n) is 19.5. The van der Waals surface area contributed by atoms with Gasteiger partial charge in [0.1, 0.15) is 63.9 Å². The van der Waals surface area contributed by atoms with E-state index < -0.39 is 0 Å². The predicted octanol–water partition coefficient (Wildman–Crippen LogP) is 6.31. The largest absolute Gasteiger partial charge is 0.496 e. The number of methoxy groups -OCH3 is 2. The van der Waals surface area contributed by atoms with Crippen molar-refractivity contribution in [3.63, 3.8) is 0 Å². The molecule has 0 N–H and O–H groups in total. The molecule has 2 aromatic heterocycles. The molecule has 36 heavy (non-hydrogen) atoms. The first-order valence-electron chi connectivity index (χ1n) is 10.5. The summed E-state index contributed by atoms with van der Waals surface area (Å²) in [5, 5.41) is 26.5. The van der Waals surface area contributed by atoms with Crippen LogP contribution in [0.25, 0.3) is 34.8 Å². The van der Waals surface area contributed by atoms with Crippen LogP contribution in [0, 0.1) is 46.3 Å². The Bertz CT molecular complexity index is 1400. The van der Waals surface area contributed by atoms with Crippen molar-refractivity contribution in [2.24, 2.45) is 0 Å². The second-order valence-corrected chi connectivity index (χ2v) is 7.02. The number of hydrogen-bond acceptors (Lipinski definition) is 7. The normalized spacial score (nSPS) is 10.9. The molecular formula is C29H19N3O4. The van der Waals surface area contributed by atoms with Gasteiger partial charge in [-0.3, -0.25) is 0 Å². The topological polar surface area (TPSA) is 116 Å². The summed E-state index contributed by atoms with van der Waals surface area (Å²) in [7, 11) is 3.10. The molecule has 1 aromatic carbocycles. The van der Waals surface area contributed by atoms with Gasteiger partial charge in [-0.15, -0.1) is 6.42 Å². The third-order valence-corrected chi connectivity index (χ3v) is 4.87. The molecule has 3 rings (SSSR count).